The molecular weight excluding hydrogens is 530 g/mol. The molecule has 1 amide bonds. The number of rotatable bonds is 7. The van der Waals surface area contributed by atoms with Crippen LogP contribution >= 0.6 is 11.3 Å². The molecular formula is C29H23N5O3S2. The number of nitrogens with zero attached hydrogens (tertiary/aromatic N) is 1. The number of hydrogen-bond donors (Lipinski definition) is 4. The normalized spacial score (nSPS) is 11.2. The Bertz CT molecular complexity index is 1800. The van der Waals surface area contributed by atoms with Crippen LogP contribution in [0.4, 0.5) is 5.69 Å². The van der Waals surface area contributed by atoms with Crippen molar-refractivity contribution in [2.24, 2.45) is 10.9 Å². The molecule has 0 aliphatic carbocycles. The third-order valence-electron chi connectivity index (χ3n) is 5.95. The number of nitrogen functional groups attached to an aromatic ring is 1. The molecule has 0 aliphatic heterocycles. The summed E-state index contributed by atoms with van der Waals surface area (Å²) < 4.78 is 24.0. The van der Waals surface area contributed by atoms with Crippen molar-refractivity contribution in [3.05, 3.63) is 114 Å². The van der Waals surface area contributed by atoms with Gasteiger partial charge >= 0.3 is 0 Å². The second-order valence-corrected chi connectivity index (χ2v) is 11.2. The molecule has 0 bridgehead atoms. The van der Waals surface area contributed by atoms with Crippen LogP contribution in [0.15, 0.2) is 108 Å². The minimum Gasteiger partial charge on any atom is -0.384 e. The van der Waals surface area contributed by atoms with Gasteiger partial charge in [-0.2, -0.15) is 0 Å². The molecule has 5 rings (SSSR count). The molecule has 1 heterocycles. The molecule has 0 saturated carbocycles. The molecule has 6 N–H and O–H groups in total. The number of aromatic nitrogens is 1. The molecule has 0 fully saturated rings. The number of hydrogen-bond acceptors (Lipinski definition) is 6. The molecule has 10 heteroatoms. The summed E-state index contributed by atoms with van der Waals surface area (Å²) in [5, 5.41) is 16.8. The minimum atomic E-state index is -3.90. The first-order chi connectivity index (χ1) is 18.7. The number of benzene rings is 4. The summed E-state index contributed by atoms with van der Waals surface area (Å²) in [5.74, 6) is -0.430. The topological polar surface area (TPSA) is 152 Å². The van der Waals surface area contributed by atoms with Gasteiger partial charge in [0.25, 0.3) is 5.91 Å². The summed E-state index contributed by atoms with van der Waals surface area (Å²) >= 11 is 1.27. The van der Waals surface area contributed by atoms with Crippen LogP contribution in [0.1, 0.15) is 15.2 Å². The summed E-state index contributed by atoms with van der Waals surface area (Å²) in [5.41, 5.74) is 9.89. The van der Waals surface area contributed by atoms with Gasteiger partial charge in [0.15, 0.2) is 0 Å². The van der Waals surface area contributed by atoms with Gasteiger partial charge in [-0.25, -0.2) is 18.5 Å². The highest BCUT2D eigenvalue weighted by Gasteiger charge is 2.21. The van der Waals surface area contributed by atoms with Gasteiger partial charge in [-0.1, -0.05) is 78.9 Å². The van der Waals surface area contributed by atoms with E-state index in [1.54, 1.807) is 60.7 Å². The largest absolute Gasteiger partial charge is 0.384 e. The molecule has 8 nitrogen and oxygen atoms in total. The number of nitrogens with one attached hydrogen (secondary N) is 2. The number of nitrogens with two attached hydrogens (primary N) is 2. The maximum Gasteiger partial charge on any atom is 0.268 e. The molecule has 5 aromatic rings. The lowest BCUT2D eigenvalue weighted by molar-refractivity contribution is 0.103. The molecule has 194 valence electrons. The zero-order valence-corrected chi connectivity index (χ0v) is 22.1. The summed E-state index contributed by atoms with van der Waals surface area (Å²) in [4.78, 5) is 18.7. The van der Waals surface area contributed by atoms with E-state index in [0.29, 0.717) is 43.5 Å². The molecule has 0 atom stereocenters. The average Bonchev–Trinajstić information content (AvgIpc) is 3.40. The minimum absolute atomic E-state index is 0.0253. The van der Waals surface area contributed by atoms with Gasteiger partial charge in [-0.05, 0) is 29.8 Å². The zero-order chi connectivity index (χ0) is 27.6. The van der Waals surface area contributed by atoms with Crippen LogP contribution in [0.5, 0.6) is 0 Å². The number of amidine groups is 1. The number of primary sulfonamides is 1. The molecule has 4 aromatic carbocycles. The van der Waals surface area contributed by atoms with Crippen molar-refractivity contribution in [2.45, 2.75) is 4.90 Å². The van der Waals surface area contributed by atoms with E-state index in [0.717, 1.165) is 5.56 Å². The van der Waals surface area contributed by atoms with E-state index in [9.17, 15) is 13.2 Å². The van der Waals surface area contributed by atoms with Gasteiger partial charge < -0.3 is 11.1 Å². The number of amides is 1. The first-order valence-corrected chi connectivity index (χ1v) is 14.1. The van der Waals surface area contributed by atoms with Crippen molar-refractivity contribution in [1.29, 1.82) is 5.41 Å². The fourth-order valence-electron chi connectivity index (χ4n) is 4.08. The maximum absolute atomic E-state index is 13.5. The van der Waals surface area contributed by atoms with Gasteiger partial charge in [-0.15, -0.1) is 11.3 Å². The second-order valence-electron chi connectivity index (χ2n) is 8.63. The fraction of sp³-hybridized carbons (Fsp3) is 0. The number of anilines is 1. The average molecular weight is 554 g/mol. The quantitative estimate of drug-likeness (QED) is 0.159. The summed E-state index contributed by atoms with van der Waals surface area (Å²) in [7, 11) is -3.90. The predicted molar refractivity (Wildman–Crippen MR) is 155 cm³/mol. The van der Waals surface area contributed by atoms with Crippen LogP contribution in [-0.4, -0.2) is 25.1 Å². The first-order valence-electron chi connectivity index (χ1n) is 11.8. The summed E-state index contributed by atoms with van der Waals surface area (Å²) in [6.45, 7) is 0. The summed E-state index contributed by atoms with van der Waals surface area (Å²) in [6, 6.07) is 29.9. The lowest BCUT2D eigenvalue weighted by Crippen LogP contribution is -2.13. The van der Waals surface area contributed by atoms with Gasteiger partial charge in [0.05, 0.1) is 10.6 Å². The van der Waals surface area contributed by atoms with E-state index in [4.69, 9.17) is 21.3 Å². The lowest BCUT2D eigenvalue weighted by Gasteiger charge is -2.10. The first kappa shape index (κ1) is 26.0. The van der Waals surface area contributed by atoms with Crippen LogP contribution in [0.3, 0.4) is 0 Å². The van der Waals surface area contributed by atoms with Crippen molar-refractivity contribution < 1.29 is 13.2 Å². The molecule has 1 aromatic heterocycles. The third kappa shape index (κ3) is 5.63. The van der Waals surface area contributed by atoms with Crippen LogP contribution in [0, 0.1) is 5.41 Å². The van der Waals surface area contributed by atoms with Crippen LogP contribution in [0.25, 0.3) is 33.0 Å². The Kier molecular flexibility index (Phi) is 7.07. The van der Waals surface area contributed by atoms with Gasteiger partial charge in [-0.3, -0.25) is 10.2 Å². The van der Waals surface area contributed by atoms with Crippen LogP contribution in [0.2, 0.25) is 0 Å². The Morgan fingerprint density at radius 2 is 1.49 bits per heavy atom. The van der Waals surface area contributed by atoms with Gasteiger partial charge in [0, 0.05) is 27.9 Å². The number of thiazole rings is 1. The van der Waals surface area contributed by atoms with Crippen LogP contribution in [-0.2, 0) is 10.0 Å². The fourth-order valence-corrected chi connectivity index (χ4v) is 5.83. The number of carbonyl (C=O) groups is 1. The Labute approximate surface area is 229 Å². The monoisotopic (exact) mass is 553 g/mol. The van der Waals surface area contributed by atoms with E-state index in [-0.39, 0.29) is 16.6 Å². The van der Waals surface area contributed by atoms with Crippen molar-refractivity contribution in [2.75, 3.05) is 5.32 Å². The van der Waals surface area contributed by atoms with Crippen LogP contribution < -0.4 is 16.2 Å². The third-order valence-corrected chi connectivity index (χ3v) is 8.02. The molecule has 0 unspecified atom stereocenters. The Hall–Kier alpha value is -4.64. The number of sulfonamides is 1. The molecule has 0 aliphatic rings. The molecule has 0 radical (unpaired) electrons. The lowest BCUT2D eigenvalue weighted by atomic mass is 10.1. The smallest absolute Gasteiger partial charge is 0.268 e. The highest BCUT2D eigenvalue weighted by Crippen LogP contribution is 2.35. The zero-order valence-electron chi connectivity index (χ0n) is 20.5. The molecule has 39 heavy (non-hydrogen) atoms. The van der Waals surface area contributed by atoms with E-state index < -0.39 is 10.0 Å². The highest BCUT2D eigenvalue weighted by atomic mass is 32.2. The standard InChI is InChI=1S/C29H23N5O3S2/c30-27(31)21-10-6-9-20(17-21)25-26(38-29(34-25)19-7-2-1-3-8-19)28(35)33-22-15-13-18(14-16-22)23-11-4-5-12-24(23)39(32,36)37/h1-17H,(H3,30,31)(H,33,35)(H2,32,36,37). The Balaban J connectivity index is 1.49. The molecule has 0 saturated heterocycles. The highest BCUT2D eigenvalue weighted by molar-refractivity contribution is 7.89. The van der Waals surface area contributed by atoms with Crippen molar-refractivity contribution in [3.63, 3.8) is 0 Å². The van der Waals surface area contributed by atoms with Gasteiger partial charge in [0.2, 0.25) is 10.0 Å². The Morgan fingerprint density at radius 1 is 0.821 bits per heavy atom. The van der Waals surface area contributed by atoms with E-state index in [1.807, 2.05) is 36.4 Å². The van der Waals surface area contributed by atoms with Gasteiger partial charge in [0.1, 0.15) is 15.7 Å². The van der Waals surface area contributed by atoms with E-state index in [1.165, 1.54) is 17.4 Å². The molecule has 0 spiro atoms. The van der Waals surface area contributed by atoms with E-state index in [2.05, 4.69) is 5.32 Å². The Morgan fingerprint density at radius 3 is 2.18 bits per heavy atom. The van der Waals surface area contributed by atoms with Crippen molar-refractivity contribution in [1.82, 2.24) is 4.98 Å². The second kappa shape index (κ2) is 10.6. The van der Waals surface area contributed by atoms with E-state index >= 15 is 0 Å². The summed E-state index contributed by atoms with van der Waals surface area (Å²) in [6.07, 6.45) is 0. The maximum atomic E-state index is 13.5. The predicted octanol–water partition coefficient (Wildman–Crippen LogP) is 5.33. The van der Waals surface area contributed by atoms with Crippen molar-refractivity contribution >= 4 is 38.8 Å². The SMILES string of the molecule is N=C(N)c1cccc(-c2nc(-c3ccccc3)sc2C(=O)Nc2ccc(-c3ccccc3S(N)(=O)=O)cc2)c1. The number of carbonyl (C=O) groups excluding carboxylic acids is 1. The van der Waals surface area contributed by atoms with Crippen molar-refractivity contribution in [3.8, 4) is 33.0 Å².